The van der Waals surface area contributed by atoms with Gasteiger partial charge in [-0.15, -0.1) is 0 Å². The maximum absolute atomic E-state index is 13.1. The summed E-state index contributed by atoms with van der Waals surface area (Å²) in [6.07, 6.45) is 0. The van der Waals surface area contributed by atoms with Crippen LogP contribution in [0.1, 0.15) is 58.7 Å². The van der Waals surface area contributed by atoms with Gasteiger partial charge in [0.1, 0.15) is 19.3 Å². The van der Waals surface area contributed by atoms with Crippen molar-refractivity contribution in [3.8, 4) is 11.5 Å². The number of carbonyl (C=O) groups excluding carboxylic acids is 3. The van der Waals surface area contributed by atoms with E-state index in [2.05, 4.69) is 5.32 Å². The first-order valence-electron chi connectivity index (χ1n) is 10.5. The van der Waals surface area contributed by atoms with Crippen molar-refractivity contribution >= 4 is 17.7 Å². The summed E-state index contributed by atoms with van der Waals surface area (Å²) in [5, 5.41) is 3.01. The minimum Gasteiger partial charge on any atom is -0.486 e. The molecule has 0 saturated carbocycles. The highest BCUT2D eigenvalue weighted by Crippen LogP contribution is 2.34. The van der Waals surface area contributed by atoms with E-state index in [1.54, 1.807) is 25.1 Å². The Morgan fingerprint density at radius 3 is 2.32 bits per heavy atom. The molecule has 0 aliphatic carbocycles. The first-order chi connectivity index (χ1) is 14.8. The summed E-state index contributed by atoms with van der Waals surface area (Å²) in [5.74, 6) is 0.129. The van der Waals surface area contributed by atoms with Crippen LogP contribution in [-0.4, -0.2) is 41.9 Å². The summed E-state index contributed by atoms with van der Waals surface area (Å²) in [4.78, 5) is 39.8. The largest absolute Gasteiger partial charge is 0.486 e. The van der Waals surface area contributed by atoms with Gasteiger partial charge in [-0.25, -0.2) is 0 Å². The van der Waals surface area contributed by atoms with Gasteiger partial charge < -0.3 is 14.8 Å². The lowest BCUT2D eigenvalue weighted by molar-refractivity contribution is -0.125. The molecule has 31 heavy (non-hydrogen) atoms. The Morgan fingerprint density at radius 1 is 0.935 bits per heavy atom. The molecule has 4 rings (SSSR count). The van der Waals surface area contributed by atoms with Gasteiger partial charge in [-0.05, 0) is 49.6 Å². The third-order valence-electron chi connectivity index (χ3n) is 5.73. The fourth-order valence-corrected chi connectivity index (χ4v) is 4.00. The van der Waals surface area contributed by atoms with Gasteiger partial charge in [-0.3, -0.25) is 19.3 Å². The molecule has 0 radical (unpaired) electrons. The van der Waals surface area contributed by atoms with Crippen LogP contribution in [-0.2, 0) is 4.79 Å². The van der Waals surface area contributed by atoms with E-state index in [1.807, 2.05) is 39.0 Å². The Balaban J connectivity index is 1.55. The van der Waals surface area contributed by atoms with Crippen LogP contribution in [0.3, 0.4) is 0 Å². The lowest BCUT2D eigenvalue weighted by Gasteiger charge is -2.28. The molecule has 0 fully saturated rings. The van der Waals surface area contributed by atoms with Crippen molar-refractivity contribution in [3.63, 3.8) is 0 Å². The zero-order chi connectivity index (χ0) is 22.3. The van der Waals surface area contributed by atoms with E-state index >= 15 is 0 Å². The van der Waals surface area contributed by atoms with Crippen LogP contribution in [0, 0.1) is 12.8 Å². The second-order valence-electron chi connectivity index (χ2n) is 8.34. The SMILES string of the molecule is Cc1ccc2c(c1)C(=O)N([C@@H](C)C(=O)N[C@H](c1ccc3c(c1)OCCO3)C(C)C)C2=O. The minimum absolute atomic E-state index is 0.0727. The average molecular weight is 422 g/mol. The monoisotopic (exact) mass is 422 g/mol. The predicted octanol–water partition coefficient (Wildman–Crippen LogP) is 3.26. The number of nitrogens with one attached hydrogen (secondary N) is 1. The van der Waals surface area contributed by atoms with Crippen molar-refractivity contribution in [1.29, 1.82) is 0 Å². The summed E-state index contributed by atoms with van der Waals surface area (Å²) in [6, 6.07) is 9.46. The van der Waals surface area contributed by atoms with Gasteiger partial charge in [-0.2, -0.15) is 0 Å². The summed E-state index contributed by atoms with van der Waals surface area (Å²) >= 11 is 0. The van der Waals surface area contributed by atoms with Crippen LogP contribution in [0.25, 0.3) is 0 Å². The quantitative estimate of drug-likeness (QED) is 0.748. The van der Waals surface area contributed by atoms with E-state index in [0.29, 0.717) is 35.8 Å². The molecule has 1 N–H and O–H groups in total. The number of aryl methyl sites for hydroxylation is 1. The highest BCUT2D eigenvalue weighted by atomic mass is 16.6. The molecule has 0 saturated heterocycles. The number of rotatable bonds is 5. The Kier molecular flexibility index (Phi) is 5.43. The number of ether oxygens (including phenoxy) is 2. The first kappa shape index (κ1) is 20.9. The standard InChI is InChI=1S/C24H26N2O5/c1-13(2)21(16-6-8-19-20(12-16)31-10-9-30-19)25-22(27)15(4)26-23(28)17-7-5-14(3)11-18(17)24(26)29/h5-8,11-13,15,21H,9-10H2,1-4H3,(H,25,27)/t15-,21-/m0/s1. The molecular weight excluding hydrogens is 396 g/mol. The van der Waals surface area contributed by atoms with Gasteiger partial charge in [0.25, 0.3) is 11.8 Å². The maximum atomic E-state index is 13.1. The van der Waals surface area contributed by atoms with Gasteiger partial charge in [0.15, 0.2) is 11.5 Å². The van der Waals surface area contributed by atoms with E-state index in [9.17, 15) is 14.4 Å². The van der Waals surface area contributed by atoms with Gasteiger partial charge >= 0.3 is 0 Å². The Labute approximate surface area is 181 Å². The minimum atomic E-state index is -0.939. The van der Waals surface area contributed by atoms with E-state index < -0.39 is 17.9 Å². The number of benzene rings is 2. The Bertz CT molecular complexity index is 1060. The second kappa shape index (κ2) is 8.06. The highest BCUT2D eigenvalue weighted by Gasteiger charge is 2.41. The lowest BCUT2D eigenvalue weighted by Crippen LogP contribution is -2.49. The molecule has 2 atom stereocenters. The number of amides is 3. The zero-order valence-electron chi connectivity index (χ0n) is 18.1. The van der Waals surface area contributed by atoms with Gasteiger partial charge in [-0.1, -0.05) is 31.5 Å². The number of hydrogen-bond donors (Lipinski definition) is 1. The van der Waals surface area contributed by atoms with Gasteiger partial charge in [0.2, 0.25) is 5.91 Å². The molecule has 7 heteroatoms. The third kappa shape index (κ3) is 3.76. The van der Waals surface area contributed by atoms with Crippen LogP contribution in [0.2, 0.25) is 0 Å². The number of imide groups is 1. The van der Waals surface area contributed by atoms with E-state index in [1.165, 1.54) is 0 Å². The Hall–Kier alpha value is -3.35. The number of carbonyl (C=O) groups is 3. The molecule has 2 aromatic carbocycles. The van der Waals surface area contributed by atoms with Crippen molar-refractivity contribution in [1.82, 2.24) is 10.2 Å². The number of hydrogen-bond acceptors (Lipinski definition) is 5. The molecule has 0 bridgehead atoms. The van der Waals surface area contributed by atoms with Crippen molar-refractivity contribution < 1.29 is 23.9 Å². The highest BCUT2D eigenvalue weighted by molar-refractivity contribution is 6.22. The van der Waals surface area contributed by atoms with E-state index in [4.69, 9.17) is 9.47 Å². The number of fused-ring (bicyclic) bond motifs is 2. The van der Waals surface area contributed by atoms with Crippen LogP contribution < -0.4 is 14.8 Å². The molecule has 7 nitrogen and oxygen atoms in total. The molecule has 0 unspecified atom stereocenters. The topological polar surface area (TPSA) is 84.9 Å². The molecule has 0 spiro atoms. The van der Waals surface area contributed by atoms with Gasteiger partial charge in [0.05, 0.1) is 17.2 Å². The van der Waals surface area contributed by atoms with Crippen molar-refractivity contribution in [3.05, 3.63) is 58.7 Å². The van der Waals surface area contributed by atoms with Crippen LogP contribution >= 0.6 is 0 Å². The molecular formula is C24H26N2O5. The molecule has 2 heterocycles. The summed E-state index contributed by atoms with van der Waals surface area (Å²) in [7, 11) is 0. The summed E-state index contributed by atoms with van der Waals surface area (Å²) in [6.45, 7) is 8.41. The number of nitrogens with zero attached hydrogens (tertiary/aromatic N) is 1. The summed E-state index contributed by atoms with van der Waals surface area (Å²) in [5.41, 5.74) is 2.44. The van der Waals surface area contributed by atoms with Crippen molar-refractivity contribution in [2.75, 3.05) is 13.2 Å². The molecule has 2 aromatic rings. The van der Waals surface area contributed by atoms with E-state index in [-0.39, 0.29) is 17.9 Å². The van der Waals surface area contributed by atoms with Crippen molar-refractivity contribution in [2.45, 2.75) is 39.8 Å². The second-order valence-corrected chi connectivity index (χ2v) is 8.34. The molecule has 2 aliphatic heterocycles. The molecule has 2 aliphatic rings. The predicted molar refractivity (Wildman–Crippen MR) is 114 cm³/mol. The normalized spacial score (nSPS) is 16.9. The van der Waals surface area contributed by atoms with E-state index in [0.717, 1.165) is 16.0 Å². The lowest BCUT2D eigenvalue weighted by atomic mass is 9.95. The fraction of sp³-hybridized carbons (Fsp3) is 0.375. The van der Waals surface area contributed by atoms with Crippen molar-refractivity contribution in [2.24, 2.45) is 5.92 Å². The Morgan fingerprint density at radius 2 is 1.61 bits per heavy atom. The zero-order valence-corrected chi connectivity index (χ0v) is 18.1. The molecule has 162 valence electrons. The first-order valence-corrected chi connectivity index (χ1v) is 10.5. The summed E-state index contributed by atoms with van der Waals surface area (Å²) < 4.78 is 11.2. The van der Waals surface area contributed by atoms with Crippen LogP contribution in [0.5, 0.6) is 11.5 Å². The van der Waals surface area contributed by atoms with Gasteiger partial charge in [0, 0.05) is 0 Å². The fourth-order valence-electron chi connectivity index (χ4n) is 4.00. The third-order valence-corrected chi connectivity index (χ3v) is 5.73. The molecule has 3 amide bonds. The van der Waals surface area contributed by atoms with Crippen LogP contribution in [0.15, 0.2) is 36.4 Å². The smallest absolute Gasteiger partial charge is 0.262 e. The maximum Gasteiger partial charge on any atom is 0.262 e. The average Bonchev–Trinajstić information content (AvgIpc) is 3.00. The van der Waals surface area contributed by atoms with Crippen LogP contribution in [0.4, 0.5) is 0 Å². The molecule has 0 aromatic heterocycles.